The smallest absolute Gasteiger partial charge is 0.336 e. The van der Waals surface area contributed by atoms with Gasteiger partial charge in [0.05, 0.1) is 12.8 Å². The molecule has 6 rings (SSSR count). The molecule has 10 nitrogen and oxygen atoms in total. The molecule has 3 saturated heterocycles. The first-order valence-corrected chi connectivity index (χ1v) is 12.1. The number of benzene rings is 1. The maximum atomic E-state index is 13.1. The Morgan fingerprint density at radius 3 is 2.17 bits per heavy atom. The number of carboxylic acids is 3. The van der Waals surface area contributed by atoms with Gasteiger partial charge in [0.25, 0.3) is 5.91 Å². The molecule has 0 unspecified atom stereocenters. The van der Waals surface area contributed by atoms with E-state index in [9.17, 15) is 19.2 Å². The topological polar surface area (TPSA) is 156 Å². The molecule has 0 aromatic heterocycles. The molecule has 190 valence electrons. The van der Waals surface area contributed by atoms with Crippen molar-refractivity contribution in [2.45, 2.75) is 62.5 Å². The molecule has 1 aliphatic carbocycles. The molecule has 0 saturated carbocycles. The summed E-state index contributed by atoms with van der Waals surface area (Å²) in [5.41, 5.74) is 1.12. The summed E-state index contributed by atoms with van der Waals surface area (Å²) in [6.45, 7) is 4.57. The molecule has 2 bridgehead atoms. The number of carbonyl (C=O) groups is 4. The van der Waals surface area contributed by atoms with Crippen LogP contribution in [0, 0.1) is 5.92 Å². The highest BCUT2D eigenvalue weighted by molar-refractivity contribution is 5.98. The number of aliphatic hydroxyl groups is 1. The molecule has 35 heavy (non-hydrogen) atoms. The number of amides is 1. The SMILES string of the molecule is O=C(O)CC(O)(CC(=O)O)C(=O)O.O=C1c2cccc3c2[C@H](CCC3)CN1[C@@H]1CN2CCC1CC2. The van der Waals surface area contributed by atoms with Gasteiger partial charge in [0.2, 0.25) is 0 Å². The van der Waals surface area contributed by atoms with E-state index in [0.29, 0.717) is 17.9 Å². The third-order valence-corrected chi connectivity index (χ3v) is 7.82. The van der Waals surface area contributed by atoms with E-state index in [1.165, 1.54) is 49.9 Å². The fraction of sp³-hybridized carbons (Fsp3) is 0.600. The minimum atomic E-state index is -2.74. The predicted octanol–water partition coefficient (Wildman–Crippen LogP) is 1.41. The van der Waals surface area contributed by atoms with E-state index in [4.69, 9.17) is 20.4 Å². The lowest BCUT2D eigenvalue weighted by atomic mass is 9.75. The van der Waals surface area contributed by atoms with E-state index in [0.717, 1.165) is 31.0 Å². The molecule has 0 radical (unpaired) electrons. The lowest BCUT2D eigenvalue weighted by Gasteiger charge is -2.51. The number of aryl methyl sites for hydroxylation is 1. The number of hydrogen-bond acceptors (Lipinski definition) is 6. The van der Waals surface area contributed by atoms with Gasteiger partial charge in [-0.1, -0.05) is 12.1 Å². The van der Waals surface area contributed by atoms with Gasteiger partial charge in [0.1, 0.15) is 0 Å². The highest BCUT2D eigenvalue weighted by Gasteiger charge is 2.44. The van der Waals surface area contributed by atoms with Crippen molar-refractivity contribution in [3.63, 3.8) is 0 Å². The van der Waals surface area contributed by atoms with Crippen LogP contribution in [0.5, 0.6) is 0 Å². The van der Waals surface area contributed by atoms with Crippen LogP contribution in [-0.4, -0.2) is 91.9 Å². The van der Waals surface area contributed by atoms with E-state index in [2.05, 4.69) is 28.0 Å². The molecule has 5 aliphatic rings. The van der Waals surface area contributed by atoms with Gasteiger partial charge in [0.15, 0.2) is 5.60 Å². The van der Waals surface area contributed by atoms with Crippen LogP contribution in [-0.2, 0) is 20.8 Å². The molecule has 4 N–H and O–H groups in total. The van der Waals surface area contributed by atoms with Crippen molar-refractivity contribution in [1.82, 2.24) is 9.80 Å². The predicted molar refractivity (Wildman–Crippen MR) is 123 cm³/mol. The number of hydrogen-bond donors (Lipinski definition) is 4. The molecule has 0 spiro atoms. The summed E-state index contributed by atoms with van der Waals surface area (Å²) in [6.07, 6.45) is 3.98. The molecule has 1 aromatic carbocycles. The van der Waals surface area contributed by atoms with Gasteiger partial charge in [-0.25, -0.2) is 4.79 Å². The van der Waals surface area contributed by atoms with Crippen LogP contribution in [0.2, 0.25) is 0 Å². The summed E-state index contributed by atoms with van der Waals surface area (Å²) in [6, 6.07) is 6.87. The Bertz CT molecular complexity index is 1000. The third kappa shape index (κ3) is 5.18. The van der Waals surface area contributed by atoms with E-state index in [1.54, 1.807) is 0 Å². The second-order valence-corrected chi connectivity index (χ2v) is 10.1. The van der Waals surface area contributed by atoms with Crippen molar-refractivity contribution in [2.75, 3.05) is 26.2 Å². The Morgan fingerprint density at radius 1 is 0.971 bits per heavy atom. The van der Waals surface area contributed by atoms with Gasteiger partial charge in [-0.3, -0.25) is 14.4 Å². The number of rotatable bonds is 6. The first kappa shape index (κ1) is 25.1. The van der Waals surface area contributed by atoms with Gasteiger partial charge in [-0.15, -0.1) is 0 Å². The fourth-order valence-corrected chi connectivity index (χ4v) is 6.13. The fourth-order valence-electron chi connectivity index (χ4n) is 6.13. The third-order valence-electron chi connectivity index (χ3n) is 7.82. The van der Waals surface area contributed by atoms with Crippen LogP contribution in [0.4, 0.5) is 0 Å². The maximum Gasteiger partial charge on any atom is 0.336 e. The monoisotopic (exact) mass is 488 g/mol. The minimum Gasteiger partial charge on any atom is -0.481 e. The Hall–Kier alpha value is -2.98. The maximum absolute atomic E-state index is 13.1. The van der Waals surface area contributed by atoms with Crippen LogP contribution in [0.15, 0.2) is 18.2 Å². The molecule has 2 atom stereocenters. The van der Waals surface area contributed by atoms with E-state index < -0.39 is 36.4 Å². The first-order chi connectivity index (χ1) is 16.6. The van der Waals surface area contributed by atoms with Crippen LogP contribution >= 0.6 is 0 Å². The number of fused-ring (bicyclic) bond motifs is 3. The Balaban J connectivity index is 0.000000193. The molecule has 1 aromatic rings. The summed E-state index contributed by atoms with van der Waals surface area (Å²) in [7, 11) is 0. The van der Waals surface area contributed by atoms with Crippen molar-refractivity contribution in [1.29, 1.82) is 0 Å². The van der Waals surface area contributed by atoms with Gasteiger partial charge in [0, 0.05) is 30.6 Å². The number of piperidine rings is 3. The Labute approximate surface area is 203 Å². The first-order valence-electron chi connectivity index (χ1n) is 12.1. The van der Waals surface area contributed by atoms with E-state index >= 15 is 0 Å². The zero-order valence-corrected chi connectivity index (χ0v) is 19.6. The summed E-state index contributed by atoms with van der Waals surface area (Å²) >= 11 is 0. The lowest BCUT2D eigenvalue weighted by molar-refractivity contribution is -0.170. The molecule has 4 aliphatic heterocycles. The average molecular weight is 489 g/mol. The highest BCUT2D eigenvalue weighted by atomic mass is 16.4. The van der Waals surface area contributed by atoms with Crippen LogP contribution in [0.1, 0.15) is 65.9 Å². The highest BCUT2D eigenvalue weighted by Crippen LogP contribution is 2.41. The lowest BCUT2D eigenvalue weighted by Crippen LogP contribution is -2.60. The quantitative estimate of drug-likeness (QED) is 0.465. The van der Waals surface area contributed by atoms with Gasteiger partial charge in [-0.05, 0) is 68.3 Å². The zero-order chi connectivity index (χ0) is 25.3. The standard InChI is InChI=1S/C19H24N2O.C6H8O7/c22-19-16-6-2-4-14-3-1-5-15(18(14)16)11-21(19)17-12-20-9-7-13(17)8-10-20;7-3(8)1-6(13,5(11)12)2-4(9)10/h2,4,6,13,15,17H,1,3,5,7-12H2;13H,1-2H2,(H,7,8)(H,9,10)(H,11,12)/t15-,17-;/m1./s1. The molecule has 1 amide bonds. The normalized spacial score (nSPS) is 26.9. The minimum absolute atomic E-state index is 0.314. The number of nitrogens with zero attached hydrogens (tertiary/aromatic N) is 2. The van der Waals surface area contributed by atoms with Gasteiger partial charge < -0.3 is 30.2 Å². The number of aliphatic carboxylic acids is 3. The van der Waals surface area contributed by atoms with Crippen molar-refractivity contribution in [2.24, 2.45) is 5.92 Å². The Morgan fingerprint density at radius 2 is 1.63 bits per heavy atom. The summed E-state index contributed by atoms with van der Waals surface area (Å²) in [5.74, 6) is -3.38. The van der Waals surface area contributed by atoms with Crippen molar-refractivity contribution in [3.8, 4) is 0 Å². The van der Waals surface area contributed by atoms with Crippen LogP contribution in [0.3, 0.4) is 0 Å². The van der Waals surface area contributed by atoms with Crippen LogP contribution < -0.4 is 0 Å². The molecular weight excluding hydrogens is 456 g/mol. The number of carboxylic acid groups (broad SMARTS) is 3. The Kier molecular flexibility index (Phi) is 7.14. The molecule has 4 heterocycles. The number of carbonyl (C=O) groups excluding carboxylic acids is 1. The summed E-state index contributed by atoms with van der Waals surface area (Å²) in [4.78, 5) is 48.4. The largest absolute Gasteiger partial charge is 0.481 e. The second kappa shape index (κ2) is 9.94. The van der Waals surface area contributed by atoms with Crippen molar-refractivity contribution < 1.29 is 39.6 Å². The second-order valence-electron chi connectivity index (χ2n) is 10.1. The molecule has 10 heteroatoms. The van der Waals surface area contributed by atoms with Crippen molar-refractivity contribution >= 4 is 23.8 Å². The average Bonchev–Trinajstić information content (AvgIpc) is 2.81. The van der Waals surface area contributed by atoms with Gasteiger partial charge >= 0.3 is 17.9 Å². The molecule has 3 fully saturated rings. The summed E-state index contributed by atoms with van der Waals surface area (Å²) in [5, 5.41) is 33.8. The van der Waals surface area contributed by atoms with Crippen molar-refractivity contribution in [3.05, 3.63) is 34.9 Å². The van der Waals surface area contributed by atoms with Crippen LogP contribution in [0.25, 0.3) is 0 Å². The van der Waals surface area contributed by atoms with E-state index in [-0.39, 0.29) is 0 Å². The van der Waals surface area contributed by atoms with E-state index in [1.807, 2.05) is 0 Å². The van der Waals surface area contributed by atoms with Gasteiger partial charge in [-0.2, -0.15) is 0 Å². The summed E-state index contributed by atoms with van der Waals surface area (Å²) < 4.78 is 0. The zero-order valence-electron chi connectivity index (χ0n) is 19.6. The molecular formula is C25H32N2O8.